The Balaban J connectivity index is 2.03. The molecule has 0 aromatic rings. The molecule has 1 atom stereocenters. The predicted octanol–water partition coefficient (Wildman–Crippen LogP) is 2.53. The molecule has 0 saturated carbocycles. The van der Waals surface area contributed by atoms with Crippen molar-refractivity contribution in [2.45, 2.75) is 38.2 Å². The maximum atomic E-state index is 5.60. The molecule has 0 aromatic heterocycles. The van der Waals surface area contributed by atoms with E-state index >= 15 is 0 Å². The highest BCUT2D eigenvalue weighted by Crippen LogP contribution is 2.13. The Bertz CT molecular complexity index is 176. The van der Waals surface area contributed by atoms with Gasteiger partial charge in [0.25, 0.3) is 0 Å². The van der Waals surface area contributed by atoms with Crippen LogP contribution in [0.1, 0.15) is 32.1 Å². The molecule has 0 fully saturated rings. The van der Waals surface area contributed by atoms with Crippen molar-refractivity contribution in [3.8, 4) is 12.3 Å². The van der Waals surface area contributed by atoms with Gasteiger partial charge in [-0.3, -0.25) is 0 Å². The molecule has 0 heterocycles. The SMILES string of the molecule is C#CCCCOC1C=CCCC1. The Kier molecular flexibility index (Phi) is 4.56. The molecule has 0 saturated heterocycles. The lowest BCUT2D eigenvalue weighted by Crippen LogP contribution is -2.12. The third-order valence-electron chi connectivity index (χ3n) is 2.01. The standard InChI is InChI=1S/C11H16O/c1-2-3-7-10-12-11-8-5-4-6-9-11/h1,5,8,11H,3-4,6-7,9-10H2. The summed E-state index contributed by atoms with van der Waals surface area (Å²) in [5, 5.41) is 0. The first kappa shape index (κ1) is 9.35. The molecule has 0 radical (unpaired) electrons. The number of rotatable bonds is 4. The van der Waals surface area contributed by atoms with Crippen LogP contribution in [0.4, 0.5) is 0 Å². The van der Waals surface area contributed by atoms with E-state index in [1.54, 1.807) is 0 Å². The zero-order valence-corrected chi connectivity index (χ0v) is 7.46. The highest BCUT2D eigenvalue weighted by molar-refractivity contribution is 4.94. The maximum Gasteiger partial charge on any atom is 0.0755 e. The molecule has 1 nitrogen and oxygen atoms in total. The summed E-state index contributed by atoms with van der Waals surface area (Å²) in [5.41, 5.74) is 0. The second-order valence-electron chi connectivity index (χ2n) is 3.08. The van der Waals surface area contributed by atoms with E-state index in [2.05, 4.69) is 18.1 Å². The summed E-state index contributed by atoms with van der Waals surface area (Å²) in [6.45, 7) is 0.805. The van der Waals surface area contributed by atoms with E-state index in [0.717, 1.165) is 19.4 Å². The van der Waals surface area contributed by atoms with Crippen LogP contribution in [0.25, 0.3) is 0 Å². The molecule has 12 heavy (non-hydrogen) atoms. The summed E-state index contributed by atoms with van der Waals surface area (Å²) in [6.07, 6.45) is 15.3. The van der Waals surface area contributed by atoms with Gasteiger partial charge >= 0.3 is 0 Å². The van der Waals surface area contributed by atoms with Gasteiger partial charge in [0.2, 0.25) is 0 Å². The molecule has 0 aromatic carbocycles. The minimum Gasteiger partial charge on any atom is -0.374 e. The summed E-state index contributed by atoms with van der Waals surface area (Å²) in [6, 6.07) is 0. The van der Waals surface area contributed by atoms with Crippen LogP contribution in [0.2, 0.25) is 0 Å². The van der Waals surface area contributed by atoms with Gasteiger partial charge in [-0.05, 0) is 25.7 Å². The van der Waals surface area contributed by atoms with Gasteiger partial charge in [-0.15, -0.1) is 12.3 Å². The topological polar surface area (TPSA) is 9.23 Å². The van der Waals surface area contributed by atoms with E-state index in [9.17, 15) is 0 Å². The van der Waals surface area contributed by atoms with Crippen LogP contribution in [0.5, 0.6) is 0 Å². The molecule has 0 aliphatic heterocycles. The quantitative estimate of drug-likeness (QED) is 0.352. The Morgan fingerprint density at radius 3 is 3.17 bits per heavy atom. The van der Waals surface area contributed by atoms with Crippen LogP contribution in [-0.4, -0.2) is 12.7 Å². The average Bonchev–Trinajstić information content (AvgIpc) is 2.14. The number of allylic oxidation sites excluding steroid dienone is 1. The van der Waals surface area contributed by atoms with Crippen LogP contribution in [0.3, 0.4) is 0 Å². The molecule has 1 aliphatic rings. The number of terminal acetylenes is 1. The predicted molar refractivity (Wildman–Crippen MR) is 50.8 cm³/mol. The summed E-state index contributed by atoms with van der Waals surface area (Å²) < 4.78 is 5.60. The van der Waals surface area contributed by atoms with Gasteiger partial charge in [-0.25, -0.2) is 0 Å². The highest BCUT2D eigenvalue weighted by Gasteiger charge is 2.06. The van der Waals surface area contributed by atoms with Crippen LogP contribution in [-0.2, 0) is 4.74 Å². The zero-order chi connectivity index (χ0) is 8.65. The third-order valence-corrected chi connectivity index (χ3v) is 2.01. The van der Waals surface area contributed by atoms with Crippen molar-refractivity contribution >= 4 is 0 Å². The lowest BCUT2D eigenvalue weighted by molar-refractivity contribution is 0.0743. The van der Waals surface area contributed by atoms with Crippen molar-refractivity contribution < 1.29 is 4.74 Å². The molecule has 0 spiro atoms. The molecule has 1 rings (SSSR count). The van der Waals surface area contributed by atoms with Gasteiger partial charge < -0.3 is 4.74 Å². The smallest absolute Gasteiger partial charge is 0.0755 e. The van der Waals surface area contributed by atoms with Gasteiger partial charge in [-0.1, -0.05) is 12.2 Å². The van der Waals surface area contributed by atoms with E-state index < -0.39 is 0 Å². The van der Waals surface area contributed by atoms with Crippen LogP contribution in [0, 0.1) is 12.3 Å². The van der Waals surface area contributed by atoms with Crippen molar-refractivity contribution in [2.24, 2.45) is 0 Å². The van der Waals surface area contributed by atoms with Crippen molar-refractivity contribution in [2.75, 3.05) is 6.61 Å². The van der Waals surface area contributed by atoms with Crippen molar-refractivity contribution in [1.82, 2.24) is 0 Å². The molecular weight excluding hydrogens is 148 g/mol. The first-order valence-electron chi connectivity index (χ1n) is 4.65. The summed E-state index contributed by atoms with van der Waals surface area (Å²) in [7, 11) is 0. The maximum absolute atomic E-state index is 5.60. The number of ether oxygens (including phenoxy) is 1. The molecule has 0 amide bonds. The van der Waals surface area contributed by atoms with E-state index in [0.29, 0.717) is 6.10 Å². The lowest BCUT2D eigenvalue weighted by Gasteiger charge is -2.16. The Morgan fingerprint density at radius 1 is 1.58 bits per heavy atom. The highest BCUT2D eigenvalue weighted by atomic mass is 16.5. The van der Waals surface area contributed by atoms with Gasteiger partial charge in [0.1, 0.15) is 0 Å². The second-order valence-corrected chi connectivity index (χ2v) is 3.08. The Labute approximate surface area is 74.8 Å². The van der Waals surface area contributed by atoms with Gasteiger partial charge in [0, 0.05) is 13.0 Å². The van der Waals surface area contributed by atoms with Gasteiger partial charge in [0.05, 0.1) is 6.10 Å². The number of hydrogen-bond acceptors (Lipinski definition) is 1. The Morgan fingerprint density at radius 2 is 2.50 bits per heavy atom. The summed E-state index contributed by atoms with van der Waals surface area (Å²) in [5.74, 6) is 2.61. The van der Waals surface area contributed by atoms with E-state index in [1.165, 1.54) is 19.3 Å². The van der Waals surface area contributed by atoms with Crippen LogP contribution >= 0.6 is 0 Å². The van der Waals surface area contributed by atoms with Crippen LogP contribution in [0.15, 0.2) is 12.2 Å². The molecule has 66 valence electrons. The fourth-order valence-corrected chi connectivity index (χ4v) is 1.33. The minimum absolute atomic E-state index is 0.358. The molecule has 1 aliphatic carbocycles. The fraction of sp³-hybridized carbons (Fsp3) is 0.636. The molecular formula is C11H16O. The van der Waals surface area contributed by atoms with E-state index in [4.69, 9.17) is 11.2 Å². The normalized spacial score (nSPS) is 22.1. The van der Waals surface area contributed by atoms with Crippen molar-refractivity contribution in [3.05, 3.63) is 12.2 Å². The second kappa shape index (κ2) is 5.85. The average molecular weight is 164 g/mol. The summed E-state index contributed by atoms with van der Waals surface area (Å²) >= 11 is 0. The van der Waals surface area contributed by atoms with Crippen molar-refractivity contribution in [1.29, 1.82) is 0 Å². The first-order chi connectivity index (χ1) is 5.93. The van der Waals surface area contributed by atoms with E-state index in [-0.39, 0.29) is 0 Å². The van der Waals surface area contributed by atoms with Gasteiger partial charge in [-0.2, -0.15) is 0 Å². The van der Waals surface area contributed by atoms with E-state index in [1.807, 2.05) is 0 Å². The van der Waals surface area contributed by atoms with Crippen LogP contribution < -0.4 is 0 Å². The summed E-state index contributed by atoms with van der Waals surface area (Å²) in [4.78, 5) is 0. The zero-order valence-electron chi connectivity index (χ0n) is 7.46. The van der Waals surface area contributed by atoms with Crippen molar-refractivity contribution in [3.63, 3.8) is 0 Å². The molecule has 1 heteroatoms. The monoisotopic (exact) mass is 164 g/mol. The lowest BCUT2D eigenvalue weighted by atomic mass is 10.1. The largest absolute Gasteiger partial charge is 0.374 e. The fourth-order valence-electron chi connectivity index (χ4n) is 1.33. The molecule has 0 bridgehead atoms. The minimum atomic E-state index is 0.358. The molecule has 0 N–H and O–H groups in total. The number of hydrogen-bond donors (Lipinski definition) is 0. The molecule has 1 unspecified atom stereocenters. The third kappa shape index (κ3) is 3.59. The van der Waals surface area contributed by atoms with Gasteiger partial charge in [0.15, 0.2) is 0 Å². The Hall–Kier alpha value is -0.740. The first-order valence-corrected chi connectivity index (χ1v) is 4.65. The number of unbranched alkanes of at least 4 members (excludes halogenated alkanes) is 1.